The van der Waals surface area contributed by atoms with E-state index in [9.17, 15) is 9.59 Å². The van der Waals surface area contributed by atoms with E-state index in [1.807, 2.05) is 31.3 Å². The number of nitrogens with zero attached hydrogens (tertiary/aromatic N) is 1. The maximum absolute atomic E-state index is 12.3. The van der Waals surface area contributed by atoms with Crippen LogP contribution in [0.25, 0.3) is 11.1 Å². The molecule has 2 N–H and O–H groups in total. The number of benzene rings is 2. The quantitative estimate of drug-likeness (QED) is 0.725. The third-order valence-electron chi connectivity index (χ3n) is 3.58. The highest BCUT2D eigenvalue weighted by Gasteiger charge is 2.09. The average molecular weight is 305 g/mol. The molecule has 1 heterocycles. The van der Waals surface area contributed by atoms with Crippen LogP contribution in [0.3, 0.4) is 0 Å². The predicted octanol–water partition coefficient (Wildman–Crippen LogP) is 3.45. The van der Waals surface area contributed by atoms with Gasteiger partial charge in [-0.3, -0.25) is 14.7 Å². The second-order valence-corrected chi connectivity index (χ2v) is 5.21. The Hall–Kier alpha value is -3.21. The number of nitrogens with one attached hydrogen (secondary N) is 2. The Balaban J connectivity index is 1.81. The van der Waals surface area contributed by atoms with E-state index in [0.717, 1.165) is 23.0 Å². The molecule has 2 aromatic carbocycles. The number of aromatic amines is 1. The van der Waals surface area contributed by atoms with E-state index in [0.29, 0.717) is 16.8 Å². The fourth-order valence-electron chi connectivity index (χ4n) is 2.42. The molecule has 0 unspecified atom stereocenters. The lowest BCUT2D eigenvalue weighted by atomic mass is 10.0. The highest BCUT2D eigenvalue weighted by atomic mass is 16.1. The van der Waals surface area contributed by atoms with E-state index < -0.39 is 0 Å². The molecule has 0 aliphatic heterocycles. The SMILES string of the molecule is Cc1cc(NC(=O)c2cccc(C=O)c2)ccc1-c1cn[nH]c1. The van der Waals surface area contributed by atoms with E-state index in [1.165, 1.54) is 0 Å². The number of hydrogen-bond donors (Lipinski definition) is 2. The molecule has 0 radical (unpaired) electrons. The fourth-order valence-corrected chi connectivity index (χ4v) is 2.42. The van der Waals surface area contributed by atoms with Crippen molar-refractivity contribution in [3.63, 3.8) is 0 Å². The van der Waals surface area contributed by atoms with Gasteiger partial charge in [0.25, 0.3) is 5.91 Å². The summed E-state index contributed by atoms with van der Waals surface area (Å²) in [6.45, 7) is 1.98. The largest absolute Gasteiger partial charge is 0.322 e. The molecule has 114 valence electrons. The van der Waals surface area contributed by atoms with Gasteiger partial charge >= 0.3 is 0 Å². The van der Waals surface area contributed by atoms with Crippen LogP contribution in [-0.4, -0.2) is 22.4 Å². The van der Waals surface area contributed by atoms with E-state index in [-0.39, 0.29) is 5.91 Å². The molecule has 3 aromatic rings. The highest BCUT2D eigenvalue weighted by molar-refractivity contribution is 6.05. The lowest BCUT2D eigenvalue weighted by Gasteiger charge is -2.09. The van der Waals surface area contributed by atoms with Gasteiger partial charge in [0.1, 0.15) is 6.29 Å². The average Bonchev–Trinajstić information content (AvgIpc) is 3.09. The second-order valence-electron chi connectivity index (χ2n) is 5.21. The Morgan fingerprint density at radius 1 is 1.22 bits per heavy atom. The number of H-pyrrole nitrogens is 1. The molecule has 0 saturated carbocycles. The number of carbonyl (C=O) groups is 2. The fraction of sp³-hybridized carbons (Fsp3) is 0.0556. The van der Waals surface area contributed by atoms with E-state index in [2.05, 4.69) is 15.5 Å². The van der Waals surface area contributed by atoms with Crippen LogP contribution >= 0.6 is 0 Å². The molecule has 23 heavy (non-hydrogen) atoms. The van der Waals surface area contributed by atoms with Gasteiger partial charge in [-0.05, 0) is 42.3 Å². The van der Waals surface area contributed by atoms with Gasteiger partial charge in [0.05, 0.1) is 6.20 Å². The summed E-state index contributed by atoms with van der Waals surface area (Å²) in [5, 5.41) is 9.57. The van der Waals surface area contributed by atoms with E-state index >= 15 is 0 Å². The van der Waals surface area contributed by atoms with Crippen LogP contribution in [0.15, 0.2) is 54.9 Å². The summed E-state index contributed by atoms with van der Waals surface area (Å²) in [4.78, 5) is 23.1. The van der Waals surface area contributed by atoms with Gasteiger partial charge in [0, 0.05) is 28.6 Å². The molecule has 0 saturated heterocycles. The Kier molecular flexibility index (Phi) is 4.01. The van der Waals surface area contributed by atoms with Crippen molar-refractivity contribution in [3.8, 4) is 11.1 Å². The molecule has 0 fully saturated rings. The summed E-state index contributed by atoms with van der Waals surface area (Å²) in [6.07, 6.45) is 4.30. The minimum Gasteiger partial charge on any atom is -0.322 e. The molecule has 3 rings (SSSR count). The Labute approximate surface area is 133 Å². The van der Waals surface area contributed by atoms with Crippen molar-refractivity contribution >= 4 is 17.9 Å². The summed E-state index contributed by atoms with van der Waals surface area (Å²) in [5.74, 6) is -0.246. The first-order valence-corrected chi connectivity index (χ1v) is 7.14. The Bertz CT molecular complexity index is 854. The summed E-state index contributed by atoms with van der Waals surface area (Å²) in [5.41, 5.74) is 4.72. The number of aldehydes is 1. The van der Waals surface area contributed by atoms with Crippen LogP contribution in [0.5, 0.6) is 0 Å². The number of rotatable bonds is 4. The van der Waals surface area contributed by atoms with Crippen molar-refractivity contribution < 1.29 is 9.59 Å². The topological polar surface area (TPSA) is 74.8 Å². The lowest BCUT2D eigenvalue weighted by molar-refractivity contribution is 0.102. The van der Waals surface area contributed by atoms with Crippen molar-refractivity contribution in [2.24, 2.45) is 0 Å². The minimum atomic E-state index is -0.246. The van der Waals surface area contributed by atoms with Crippen molar-refractivity contribution in [2.45, 2.75) is 6.92 Å². The van der Waals surface area contributed by atoms with Gasteiger partial charge in [-0.1, -0.05) is 18.2 Å². The van der Waals surface area contributed by atoms with E-state index in [1.54, 1.807) is 30.5 Å². The van der Waals surface area contributed by atoms with Crippen LogP contribution in [0.4, 0.5) is 5.69 Å². The summed E-state index contributed by atoms with van der Waals surface area (Å²) >= 11 is 0. The van der Waals surface area contributed by atoms with Crippen LogP contribution < -0.4 is 5.32 Å². The molecule has 5 nitrogen and oxygen atoms in total. The zero-order valence-corrected chi connectivity index (χ0v) is 12.5. The van der Waals surface area contributed by atoms with Crippen molar-refractivity contribution in [3.05, 3.63) is 71.5 Å². The molecule has 0 aliphatic carbocycles. The molecule has 1 aromatic heterocycles. The highest BCUT2D eigenvalue weighted by Crippen LogP contribution is 2.25. The molecular weight excluding hydrogens is 290 g/mol. The minimum absolute atomic E-state index is 0.246. The third-order valence-corrected chi connectivity index (χ3v) is 3.58. The molecule has 0 spiro atoms. The Morgan fingerprint density at radius 3 is 2.78 bits per heavy atom. The first kappa shape index (κ1) is 14.7. The number of amides is 1. The summed E-state index contributed by atoms with van der Waals surface area (Å²) < 4.78 is 0. The van der Waals surface area contributed by atoms with Crippen LogP contribution in [0, 0.1) is 6.92 Å². The standard InChI is InChI=1S/C18H15N3O2/c1-12-7-16(5-6-17(12)15-9-19-20-10-15)21-18(23)14-4-2-3-13(8-14)11-22/h2-11H,1H3,(H,19,20)(H,21,23). The summed E-state index contributed by atoms with van der Waals surface area (Å²) in [7, 11) is 0. The number of aryl methyl sites for hydroxylation is 1. The first-order valence-electron chi connectivity index (χ1n) is 7.14. The zero-order chi connectivity index (χ0) is 16.2. The van der Waals surface area contributed by atoms with Crippen molar-refractivity contribution in [1.29, 1.82) is 0 Å². The number of hydrogen-bond acceptors (Lipinski definition) is 3. The predicted molar refractivity (Wildman–Crippen MR) is 88.5 cm³/mol. The van der Waals surface area contributed by atoms with Crippen LogP contribution in [-0.2, 0) is 0 Å². The molecule has 5 heteroatoms. The molecule has 0 bridgehead atoms. The first-order chi connectivity index (χ1) is 11.2. The normalized spacial score (nSPS) is 10.3. The maximum Gasteiger partial charge on any atom is 0.255 e. The van der Waals surface area contributed by atoms with Gasteiger partial charge < -0.3 is 5.32 Å². The van der Waals surface area contributed by atoms with Crippen LogP contribution in [0.1, 0.15) is 26.3 Å². The van der Waals surface area contributed by atoms with Crippen LogP contribution in [0.2, 0.25) is 0 Å². The zero-order valence-electron chi connectivity index (χ0n) is 12.5. The Morgan fingerprint density at radius 2 is 2.09 bits per heavy atom. The maximum atomic E-state index is 12.3. The van der Waals surface area contributed by atoms with Gasteiger partial charge in [-0.15, -0.1) is 0 Å². The summed E-state index contributed by atoms with van der Waals surface area (Å²) in [6, 6.07) is 12.3. The second kappa shape index (κ2) is 6.27. The van der Waals surface area contributed by atoms with Gasteiger partial charge in [0.15, 0.2) is 0 Å². The molecule has 0 atom stereocenters. The van der Waals surface area contributed by atoms with Crippen molar-refractivity contribution in [2.75, 3.05) is 5.32 Å². The molecule has 1 amide bonds. The molecule has 0 aliphatic rings. The van der Waals surface area contributed by atoms with Gasteiger partial charge in [-0.2, -0.15) is 5.10 Å². The number of anilines is 1. The number of aromatic nitrogens is 2. The lowest BCUT2D eigenvalue weighted by Crippen LogP contribution is -2.12. The van der Waals surface area contributed by atoms with Gasteiger partial charge in [0.2, 0.25) is 0 Å². The third kappa shape index (κ3) is 3.18. The monoisotopic (exact) mass is 305 g/mol. The van der Waals surface area contributed by atoms with Crippen molar-refractivity contribution in [1.82, 2.24) is 10.2 Å². The smallest absolute Gasteiger partial charge is 0.255 e. The molecular formula is C18H15N3O2. The van der Waals surface area contributed by atoms with E-state index in [4.69, 9.17) is 0 Å². The van der Waals surface area contributed by atoms with Gasteiger partial charge in [-0.25, -0.2) is 0 Å². The number of carbonyl (C=O) groups excluding carboxylic acids is 2.